The molecule has 4 N–H and O–H groups in total. The lowest BCUT2D eigenvalue weighted by Crippen LogP contribution is -2.46. The summed E-state index contributed by atoms with van der Waals surface area (Å²) in [6, 6.07) is 5.98. The predicted molar refractivity (Wildman–Crippen MR) is 76.8 cm³/mol. The van der Waals surface area contributed by atoms with Crippen LogP contribution in [0.25, 0.3) is 6.08 Å². The lowest BCUT2D eigenvalue weighted by Gasteiger charge is -2.25. The van der Waals surface area contributed by atoms with Gasteiger partial charge in [-0.15, -0.1) is 0 Å². The molecule has 0 aliphatic rings. The second-order valence-corrected chi connectivity index (χ2v) is 4.68. The molecule has 0 spiro atoms. The van der Waals surface area contributed by atoms with Gasteiger partial charge >= 0.3 is 5.97 Å². The molecule has 7 nitrogen and oxygen atoms in total. The van der Waals surface area contributed by atoms with Crippen molar-refractivity contribution in [3.05, 3.63) is 35.9 Å². The van der Waals surface area contributed by atoms with E-state index in [-0.39, 0.29) is 12.0 Å². The average Bonchev–Trinajstić information content (AvgIpc) is 2.50. The van der Waals surface area contributed by atoms with Gasteiger partial charge in [-0.25, -0.2) is 4.79 Å². The van der Waals surface area contributed by atoms with Crippen molar-refractivity contribution >= 4 is 18.3 Å². The summed E-state index contributed by atoms with van der Waals surface area (Å²) in [6.45, 7) is 1.23. The summed E-state index contributed by atoms with van der Waals surface area (Å²) in [7, 11) is 0. The fourth-order valence-corrected chi connectivity index (χ4v) is 1.62. The molecule has 0 saturated carbocycles. The van der Waals surface area contributed by atoms with Crippen LogP contribution in [-0.2, 0) is 14.3 Å². The van der Waals surface area contributed by atoms with Gasteiger partial charge in [-0.3, -0.25) is 0 Å². The highest BCUT2D eigenvalue weighted by atomic mass is 16.6. The quantitative estimate of drug-likeness (QED) is 0.307. The first-order chi connectivity index (χ1) is 10.3. The summed E-state index contributed by atoms with van der Waals surface area (Å²) >= 11 is 0. The number of aromatic hydroxyl groups is 1. The highest BCUT2D eigenvalue weighted by Crippen LogP contribution is 2.12. The van der Waals surface area contributed by atoms with Crippen LogP contribution in [0.1, 0.15) is 12.5 Å². The number of carbonyl (C=O) groups is 2. The summed E-state index contributed by atoms with van der Waals surface area (Å²) in [5.41, 5.74) is 0.610. The van der Waals surface area contributed by atoms with E-state index in [1.165, 1.54) is 25.1 Å². The fourth-order valence-electron chi connectivity index (χ4n) is 1.62. The van der Waals surface area contributed by atoms with E-state index in [9.17, 15) is 24.9 Å². The maximum atomic E-state index is 11.7. The summed E-state index contributed by atoms with van der Waals surface area (Å²) in [5.74, 6) is -0.826. The molecule has 1 rings (SSSR count). The van der Waals surface area contributed by atoms with Gasteiger partial charge in [0.2, 0.25) is 0 Å². The number of rotatable bonds is 7. The fraction of sp³-hybridized carbons (Fsp3) is 0.333. The van der Waals surface area contributed by atoms with E-state index < -0.39 is 30.4 Å². The Bertz CT molecular complexity index is 521. The highest BCUT2D eigenvalue weighted by molar-refractivity contribution is 5.87. The van der Waals surface area contributed by atoms with Gasteiger partial charge in [0.05, 0.1) is 6.10 Å². The van der Waals surface area contributed by atoms with Gasteiger partial charge in [0, 0.05) is 6.08 Å². The first kappa shape index (κ1) is 17.8. The van der Waals surface area contributed by atoms with E-state index in [4.69, 9.17) is 9.84 Å². The third-order valence-electron chi connectivity index (χ3n) is 2.86. The minimum atomic E-state index is -1.75. The molecule has 0 bridgehead atoms. The van der Waals surface area contributed by atoms with Gasteiger partial charge in [0.1, 0.15) is 18.0 Å². The number of hydrogen-bond donors (Lipinski definition) is 4. The Labute approximate surface area is 127 Å². The van der Waals surface area contributed by atoms with Crippen LogP contribution >= 0.6 is 0 Å². The van der Waals surface area contributed by atoms with Crippen molar-refractivity contribution < 1.29 is 34.8 Å². The van der Waals surface area contributed by atoms with Crippen molar-refractivity contribution in [2.45, 2.75) is 31.3 Å². The van der Waals surface area contributed by atoms with Crippen LogP contribution < -0.4 is 0 Å². The Balaban J connectivity index is 2.74. The van der Waals surface area contributed by atoms with Crippen LogP contribution in [0.4, 0.5) is 0 Å². The van der Waals surface area contributed by atoms with Crippen LogP contribution in [0.3, 0.4) is 0 Å². The van der Waals surface area contributed by atoms with Gasteiger partial charge in [0.15, 0.2) is 12.4 Å². The smallest absolute Gasteiger partial charge is 0.331 e. The van der Waals surface area contributed by atoms with Crippen molar-refractivity contribution in [2.24, 2.45) is 0 Å². The van der Waals surface area contributed by atoms with Crippen molar-refractivity contribution in [3.63, 3.8) is 0 Å². The van der Waals surface area contributed by atoms with Gasteiger partial charge in [0.25, 0.3) is 0 Å². The van der Waals surface area contributed by atoms with Crippen LogP contribution in [0.2, 0.25) is 0 Å². The Hall–Kier alpha value is -2.22. The van der Waals surface area contributed by atoms with Crippen LogP contribution in [0.5, 0.6) is 5.75 Å². The van der Waals surface area contributed by atoms with Crippen molar-refractivity contribution in [2.75, 3.05) is 0 Å². The Kier molecular flexibility index (Phi) is 6.71. The van der Waals surface area contributed by atoms with Crippen LogP contribution in [0.15, 0.2) is 30.3 Å². The number of ether oxygens (including phenoxy) is 1. The summed E-state index contributed by atoms with van der Waals surface area (Å²) < 4.78 is 4.81. The molecule has 1 aromatic carbocycles. The Morgan fingerprint density at radius 2 is 1.77 bits per heavy atom. The molecule has 0 saturated heterocycles. The zero-order chi connectivity index (χ0) is 16.7. The molecule has 7 heteroatoms. The summed E-state index contributed by atoms with van der Waals surface area (Å²) in [5, 5.41) is 37.5. The predicted octanol–water partition coefficient (Wildman–Crippen LogP) is -0.381. The van der Waals surface area contributed by atoms with Crippen molar-refractivity contribution in [1.29, 1.82) is 0 Å². The zero-order valence-electron chi connectivity index (χ0n) is 11.9. The van der Waals surface area contributed by atoms with Gasteiger partial charge in [-0.05, 0) is 30.7 Å². The molecular weight excluding hydrogens is 292 g/mol. The number of hydrogen-bond acceptors (Lipinski definition) is 7. The summed E-state index contributed by atoms with van der Waals surface area (Å²) in [4.78, 5) is 22.3. The van der Waals surface area contributed by atoms with E-state index in [1.54, 1.807) is 12.1 Å². The molecule has 22 heavy (non-hydrogen) atoms. The Morgan fingerprint density at radius 1 is 1.18 bits per heavy atom. The molecule has 0 aliphatic carbocycles. The first-order valence-electron chi connectivity index (χ1n) is 6.52. The number of aliphatic hydroxyl groups is 3. The third-order valence-corrected chi connectivity index (χ3v) is 2.86. The molecule has 0 fully saturated rings. The average molecular weight is 310 g/mol. The van der Waals surface area contributed by atoms with E-state index in [0.29, 0.717) is 5.56 Å². The standard InChI is InChI=1S/C15H18O7/c1-9(17)14(21)15(12(19)8-16)22-13(20)7-4-10-2-5-11(18)6-3-10/h2-9,12,14-15,17-19,21H,1H3/b7-4+/t9-,12-,14-,15-/m0/s1. The van der Waals surface area contributed by atoms with E-state index in [1.807, 2.05) is 0 Å². The van der Waals surface area contributed by atoms with E-state index >= 15 is 0 Å². The SMILES string of the molecule is C[C@H](O)[C@H](O)[C@@H](OC(=O)/C=C/c1ccc(O)cc1)[C@@H](O)C=O. The molecule has 0 aliphatic heterocycles. The normalized spacial score (nSPS) is 16.7. The molecular formula is C15H18O7. The van der Waals surface area contributed by atoms with Gasteiger partial charge in [-0.2, -0.15) is 0 Å². The molecule has 0 unspecified atom stereocenters. The minimum Gasteiger partial charge on any atom is -0.508 e. The maximum Gasteiger partial charge on any atom is 0.331 e. The highest BCUT2D eigenvalue weighted by Gasteiger charge is 2.33. The monoisotopic (exact) mass is 310 g/mol. The molecule has 0 amide bonds. The van der Waals surface area contributed by atoms with Crippen LogP contribution in [-0.4, -0.2) is 57.1 Å². The summed E-state index contributed by atoms with van der Waals surface area (Å²) in [6.07, 6.45) is -3.70. The molecule has 120 valence electrons. The van der Waals surface area contributed by atoms with Crippen molar-refractivity contribution in [1.82, 2.24) is 0 Å². The molecule has 0 aromatic heterocycles. The number of carbonyl (C=O) groups excluding carboxylic acids is 2. The first-order valence-corrected chi connectivity index (χ1v) is 6.52. The third kappa shape index (κ3) is 5.28. The second kappa shape index (κ2) is 8.28. The largest absolute Gasteiger partial charge is 0.508 e. The van der Waals surface area contributed by atoms with Gasteiger partial charge < -0.3 is 30.0 Å². The second-order valence-electron chi connectivity index (χ2n) is 4.68. The van der Waals surface area contributed by atoms with Crippen molar-refractivity contribution in [3.8, 4) is 5.75 Å². The maximum absolute atomic E-state index is 11.7. The Morgan fingerprint density at radius 3 is 2.27 bits per heavy atom. The topological polar surface area (TPSA) is 124 Å². The molecule has 0 radical (unpaired) electrons. The number of aliphatic hydroxyl groups excluding tert-OH is 3. The molecule has 4 atom stereocenters. The lowest BCUT2D eigenvalue weighted by molar-refractivity contribution is -0.166. The molecule has 1 aromatic rings. The minimum absolute atomic E-state index is 0.0777. The number of phenols is 1. The zero-order valence-corrected chi connectivity index (χ0v) is 11.9. The number of esters is 1. The van der Waals surface area contributed by atoms with Crippen LogP contribution in [0, 0.1) is 0 Å². The number of benzene rings is 1. The lowest BCUT2D eigenvalue weighted by atomic mass is 10.0. The molecule has 0 heterocycles. The van der Waals surface area contributed by atoms with Gasteiger partial charge in [-0.1, -0.05) is 12.1 Å². The van der Waals surface area contributed by atoms with E-state index in [0.717, 1.165) is 6.08 Å². The van der Waals surface area contributed by atoms with E-state index in [2.05, 4.69) is 0 Å². The number of aldehydes is 1. The number of phenolic OH excluding ortho intramolecular Hbond substituents is 1.